The molecule has 3 N–H and O–H groups in total. The Morgan fingerprint density at radius 2 is 2.10 bits per heavy atom. The van der Waals surface area contributed by atoms with Gasteiger partial charge in [0.25, 0.3) is 5.91 Å². The van der Waals surface area contributed by atoms with Gasteiger partial charge in [-0.15, -0.1) is 0 Å². The van der Waals surface area contributed by atoms with Crippen molar-refractivity contribution in [3.8, 4) is 11.5 Å². The molecule has 0 bridgehead atoms. The van der Waals surface area contributed by atoms with Crippen LogP contribution >= 0.6 is 0 Å². The number of rotatable bonds is 10. The molecule has 0 spiro atoms. The van der Waals surface area contributed by atoms with Crippen molar-refractivity contribution in [1.82, 2.24) is 5.32 Å². The summed E-state index contributed by atoms with van der Waals surface area (Å²) < 4.78 is 11.3. The highest BCUT2D eigenvalue weighted by atomic mass is 16.5. The Hall–Kier alpha value is -1.75. The van der Waals surface area contributed by atoms with E-state index < -0.39 is 12.0 Å². The van der Waals surface area contributed by atoms with Crippen molar-refractivity contribution in [3.63, 3.8) is 0 Å². The molecule has 21 heavy (non-hydrogen) atoms. The molecule has 0 aliphatic heterocycles. The molecule has 1 atom stereocenters. The van der Waals surface area contributed by atoms with Gasteiger partial charge in [-0.25, -0.2) is 0 Å². The number of carbonyl (C=O) groups is 1. The number of benzene rings is 1. The Morgan fingerprint density at radius 1 is 1.33 bits per heavy atom. The van der Waals surface area contributed by atoms with Crippen LogP contribution in [0.3, 0.4) is 0 Å². The van der Waals surface area contributed by atoms with Crippen LogP contribution in [0.15, 0.2) is 18.2 Å². The van der Waals surface area contributed by atoms with Crippen molar-refractivity contribution in [3.05, 3.63) is 23.8 Å². The first-order valence-electron chi connectivity index (χ1n) is 7.50. The van der Waals surface area contributed by atoms with Gasteiger partial charge in [-0.1, -0.05) is 19.9 Å². The molecule has 0 saturated carbocycles. The van der Waals surface area contributed by atoms with Crippen molar-refractivity contribution in [2.45, 2.75) is 46.3 Å². The molecule has 5 nitrogen and oxygen atoms in total. The first-order valence-corrected chi connectivity index (χ1v) is 7.50. The van der Waals surface area contributed by atoms with Gasteiger partial charge in [-0.3, -0.25) is 4.79 Å². The number of primary amides is 1. The molecule has 118 valence electrons. The molecule has 0 aliphatic rings. The fourth-order valence-corrected chi connectivity index (χ4v) is 1.75. The number of nitrogens with one attached hydrogen (secondary N) is 1. The summed E-state index contributed by atoms with van der Waals surface area (Å²) in [6, 6.07) is 5.69. The lowest BCUT2D eigenvalue weighted by molar-refractivity contribution is -0.124. The van der Waals surface area contributed by atoms with Crippen molar-refractivity contribution < 1.29 is 14.3 Å². The van der Waals surface area contributed by atoms with Gasteiger partial charge < -0.3 is 20.5 Å². The normalized spacial score (nSPS) is 12.0. The summed E-state index contributed by atoms with van der Waals surface area (Å²) in [6.07, 6.45) is 1.33. The molecule has 5 heteroatoms. The zero-order valence-corrected chi connectivity index (χ0v) is 13.1. The first kappa shape index (κ1) is 17.3. The summed E-state index contributed by atoms with van der Waals surface area (Å²) in [6.45, 7) is 8.07. The highest BCUT2D eigenvalue weighted by Crippen LogP contribution is 2.26. The average Bonchev–Trinajstić information content (AvgIpc) is 2.47. The minimum atomic E-state index is -0.670. The summed E-state index contributed by atoms with van der Waals surface area (Å²) >= 11 is 0. The van der Waals surface area contributed by atoms with Gasteiger partial charge in [-0.2, -0.15) is 0 Å². The van der Waals surface area contributed by atoms with Crippen molar-refractivity contribution >= 4 is 5.91 Å². The molecule has 0 heterocycles. The lowest BCUT2D eigenvalue weighted by Crippen LogP contribution is -2.31. The maximum atomic E-state index is 11.2. The summed E-state index contributed by atoms with van der Waals surface area (Å²) in [5.74, 6) is 0.892. The molecular formula is C16H26N2O3. The summed E-state index contributed by atoms with van der Waals surface area (Å²) in [4.78, 5) is 11.2. The van der Waals surface area contributed by atoms with Crippen LogP contribution in [0.5, 0.6) is 11.5 Å². The smallest absolute Gasteiger partial charge is 0.258 e. The van der Waals surface area contributed by atoms with E-state index in [4.69, 9.17) is 15.2 Å². The van der Waals surface area contributed by atoms with Crippen LogP contribution in [0, 0.1) is 0 Å². The molecule has 0 aliphatic carbocycles. The molecule has 1 aromatic rings. The van der Waals surface area contributed by atoms with Crippen molar-refractivity contribution in [1.29, 1.82) is 0 Å². The highest BCUT2D eigenvalue weighted by molar-refractivity contribution is 5.78. The first-order chi connectivity index (χ1) is 10.1. The average molecular weight is 294 g/mol. The summed E-state index contributed by atoms with van der Waals surface area (Å²) in [5.41, 5.74) is 6.25. The highest BCUT2D eigenvalue weighted by Gasteiger charge is 2.14. The van der Waals surface area contributed by atoms with Crippen LogP contribution in [-0.4, -0.2) is 25.2 Å². The number of carbonyl (C=O) groups excluding carboxylic acids is 1. The fourth-order valence-electron chi connectivity index (χ4n) is 1.75. The van der Waals surface area contributed by atoms with Gasteiger partial charge in [0.05, 0.1) is 6.61 Å². The van der Waals surface area contributed by atoms with Gasteiger partial charge >= 0.3 is 0 Å². The third-order valence-electron chi connectivity index (χ3n) is 2.96. The number of hydrogen-bond acceptors (Lipinski definition) is 4. The Labute approximate surface area is 126 Å². The van der Waals surface area contributed by atoms with Crippen LogP contribution in [0.2, 0.25) is 0 Å². The lowest BCUT2D eigenvalue weighted by atomic mass is 10.2. The molecular weight excluding hydrogens is 268 g/mol. The number of ether oxygens (including phenoxy) is 2. The van der Waals surface area contributed by atoms with E-state index in [0.717, 1.165) is 30.7 Å². The second kappa shape index (κ2) is 9.23. The summed E-state index contributed by atoms with van der Waals surface area (Å²) in [5, 5.41) is 3.32. The van der Waals surface area contributed by atoms with Gasteiger partial charge in [0, 0.05) is 18.2 Å². The molecule has 1 amide bonds. The SMILES string of the molecule is CCCNCc1ccc(OCCC)cc1OC(C)C(N)=O. The van der Waals surface area contributed by atoms with Crippen LogP contribution < -0.4 is 20.5 Å². The van der Waals surface area contributed by atoms with Crippen molar-refractivity contribution in [2.75, 3.05) is 13.2 Å². The van der Waals surface area contributed by atoms with E-state index >= 15 is 0 Å². The van der Waals surface area contributed by atoms with Gasteiger partial charge in [0.1, 0.15) is 11.5 Å². The predicted octanol–water partition coefficient (Wildman–Crippen LogP) is 2.23. The maximum absolute atomic E-state index is 11.2. The molecule has 0 saturated heterocycles. The molecule has 0 fully saturated rings. The van der Waals surface area contributed by atoms with Crippen LogP contribution in [0.4, 0.5) is 0 Å². The zero-order valence-electron chi connectivity index (χ0n) is 13.1. The second-order valence-electron chi connectivity index (χ2n) is 4.96. The monoisotopic (exact) mass is 294 g/mol. The van der Waals surface area contributed by atoms with Crippen LogP contribution in [0.1, 0.15) is 39.2 Å². The van der Waals surface area contributed by atoms with E-state index in [1.165, 1.54) is 0 Å². The maximum Gasteiger partial charge on any atom is 0.258 e. The zero-order chi connectivity index (χ0) is 15.7. The van der Waals surface area contributed by atoms with Crippen LogP contribution in [0.25, 0.3) is 0 Å². The Morgan fingerprint density at radius 3 is 2.71 bits per heavy atom. The molecule has 1 aromatic carbocycles. The quantitative estimate of drug-likeness (QED) is 0.649. The topological polar surface area (TPSA) is 73.6 Å². The Bertz CT molecular complexity index is 449. The van der Waals surface area contributed by atoms with E-state index in [1.807, 2.05) is 18.2 Å². The van der Waals surface area contributed by atoms with E-state index in [-0.39, 0.29) is 0 Å². The Kier molecular flexibility index (Phi) is 7.61. The Balaban J connectivity index is 2.86. The van der Waals surface area contributed by atoms with Gasteiger partial charge in [-0.05, 0) is 32.4 Å². The van der Waals surface area contributed by atoms with Gasteiger partial charge in [0.15, 0.2) is 6.10 Å². The van der Waals surface area contributed by atoms with Gasteiger partial charge in [0.2, 0.25) is 0 Å². The summed E-state index contributed by atoms with van der Waals surface area (Å²) in [7, 11) is 0. The van der Waals surface area contributed by atoms with E-state index in [1.54, 1.807) is 6.92 Å². The molecule has 0 radical (unpaired) electrons. The fraction of sp³-hybridized carbons (Fsp3) is 0.562. The third-order valence-corrected chi connectivity index (χ3v) is 2.96. The van der Waals surface area contributed by atoms with E-state index in [9.17, 15) is 4.79 Å². The standard InChI is InChI=1S/C16H26N2O3/c1-4-8-18-11-13-6-7-14(20-9-5-2)10-15(13)21-12(3)16(17)19/h6-7,10,12,18H,4-5,8-9,11H2,1-3H3,(H2,17,19). The van der Waals surface area contributed by atoms with E-state index in [0.29, 0.717) is 18.9 Å². The predicted molar refractivity (Wildman–Crippen MR) is 83.5 cm³/mol. The van der Waals surface area contributed by atoms with E-state index in [2.05, 4.69) is 19.2 Å². The van der Waals surface area contributed by atoms with Crippen molar-refractivity contribution in [2.24, 2.45) is 5.73 Å². The second-order valence-corrected chi connectivity index (χ2v) is 4.96. The third kappa shape index (κ3) is 6.04. The number of nitrogens with two attached hydrogens (primary N) is 1. The number of hydrogen-bond donors (Lipinski definition) is 2. The molecule has 1 unspecified atom stereocenters. The minimum absolute atomic E-state index is 0.484. The largest absolute Gasteiger partial charge is 0.493 e. The number of amides is 1. The van der Waals surface area contributed by atoms with Crippen LogP contribution in [-0.2, 0) is 11.3 Å². The molecule has 0 aromatic heterocycles. The lowest BCUT2D eigenvalue weighted by Gasteiger charge is -2.17. The molecule has 1 rings (SSSR count). The minimum Gasteiger partial charge on any atom is -0.493 e.